The molecule has 4 nitrogen and oxygen atoms in total. The Labute approximate surface area is 88.1 Å². The molecule has 1 unspecified atom stereocenters. The van der Waals surface area contributed by atoms with E-state index in [1.807, 2.05) is 37.3 Å². The highest BCUT2D eigenvalue weighted by molar-refractivity contribution is 5.23. The van der Waals surface area contributed by atoms with E-state index in [-0.39, 0.29) is 6.04 Å². The van der Waals surface area contributed by atoms with Crippen molar-refractivity contribution < 1.29 is 4.52 Å². The van der Waals surface area contributed by atoms with Gasteiger partial charge >= 0.3 is 0 Å². The maximum Gasteiger partial charge on any atom is 0.226 e. The molecule has 0 saturated carbocycles. The highest BCUT2D eigenvalue weighted by Crippen LogP contribution is 2.16. The monoisotopic (exact) mass is 203 g/mol. The second kappa shape index (κ2) is 4.23. The number of aryl methyl sites for hydroxylation is 1. The molecule has 0 bridgehead atoms. The van der Waals surface area contributed by atoms with Crippen LogP contribution in [0, 0.1) is 0 Å². The molecular formula is C11H13N3O. The maximum absolute atomic E-state index is 6.00. The summed E-state index contributed by atoms with van der Waals surface area (Å²) < 4.78 is 5.02. The van der Waals surface area contributed by atoms with E-state index in [1.54, 1.807) is 0 Å². The third-order valence-corrected chi connectivity index (χ3v) is 2.22. The van der Waals surface area contributed by atoms with E-state index in [0.717, 1.165) is 12.0 Å². The molecule has 78 valence electrons. The molecule has 0 aliphatic carbocycles. The van der Waals surface area contributed by atoms with Crippen molar-refractivity contribution in [2.75, 3.05) is 0 Å². The first kappa shape index (κ1) is 9.86. The molecule has 15 heavy (non-hydrogen) atoms. The Morgan fingerprint density at radius 3 is 2.67 bits per heavy atom. The third-order valence-electron chi connectivity index (χ3n) is 2.22. The first-order chi connectivity index (χ1) is 7.31. The summed E-state index contributed by atoms with van der Waals surface area (Å²) in [6, 6.07) is 9.42. The van der Waals surface area contributed by atoms with E-state index in [2.05, 4.69) is 10.1 Å². The van der Waals surface area contributed by atoms with Gasteiger partial charge in [-0.3, -0.25) is 0 Å². The van der Waals surface area contributed by atoms with Crippen molar-refractivity contribution in [1.82, 2.24) is 10.1 Å². The molecule has 0 aliphatic rings. The zero-order valence-electron chi connectivity index (χ0n) is 8.55. The molecule has 4 heteroatoms. The molecule has 0 radical (unpaired) electrons. The van der Waals surface area contributed by atoms with Crippen LogP contribution < -0.4 is 5.73 Å². The van der Waals surface area contributed by atoms with Crippen LogP contribution in [0.25, 0.3) is 0 Å². The fourth-order valence-corrected chi connectivity index (χ4v) is 1.35. The van der Waals surface area contributed by atoms with Crippen molar-refractivity contribution >= 4 is 0 Å². The number of aromatic nitrogens is 2. The average molecular weight is 203 g/mol. The van der Waals surface area contributed by atoms with Crippen LogP contribution >= 0.6 is 0 Å². The third kappa shape index (κ3) is 2.05. The topological polar surface area (TPSA) is 64.9 Å². The van der Waals surface area contributed by atoms with Gasteiger partial charge in [-0.05, 0) is 5.56 Å². The van der Waals surface area contributed by atoms with Crippen molar-refractivity contribution in [3.8, 4) is 0 Å². The molecule has 2 rings (SSSR count). The van der Waals surface area contributed by atoms with Crippen LogP contribution in [0.15, 0.2) is 34.9 Å². The SMILES string of the molecule is CCc1nc(C(N)c2ccccc2)no1. The summed E-state index contributed by atoms with van der Waals surface area (Å²) >= 11 is 0. The molecule has 2 aromatic rings. The zero-order valence-corrected chi connectivity index (χ0v) is 8.55. The average Bonchev–Trinajstić information content (AvgIpc) is 2.78. The summed E-state index contributed by atoms with van der Waals surface area (Å²) in [6.45, 7) is 1.96. The number of nitrogens with zero attached hydrogens (tertiary/aromatic N) is 2. The standard InChI is InChI=1S/C11H13N3O/c1-2-9-13-11(14-15-9)10(12)8-6-4-3-5-7-8/h3-7,10H,2,12H2,1H3. The summed E-state index contributed by atoms with van der Waals surface area (Å²) in [5.74, 6) is 1.16. The summed E-state index contributed by atoms with van der Waals surface area (Å²) in [5.41, 5.74) is 6.99. The Balaban J connectivity index is 2.24. The highest BCUT2D eigenvalue weighted by atomic mass is 16.5. The Bertz CT molecular complexity index is 424. The van der Waals surface area contributed by atoms with Gasteiger partial charge in [0.1, 0.15) is 0 Å². The predicted octanol–water partition coefficient (Wildman–Crippen LogP) is 1.68. The Morgan fingerprint density at radius 1 is 1.33 bits per heavy atom. The lowest BCUT2D eigenvalue weighted by Gasteiger charge is -2.05. The number of nitrogens with two attached hydrogens (primary N) is 1. The quantitative estimate of drug-likeness (QED) is 0.824. The highest BCUT2D eigenvalue weighted by Gasteiger charge is 2.14. The van der Waals surface area contributed by atoms with Gasteiger partial charge in [0.15, 0.2) is 5.82 Å². The molecule has 0 fully saturated rings. The summed E-state index contributed by atoms with van der Waals surface area (Å²) in [6.07, 6.45) is 0.731. The molecule has 1 heterocycles. The van der Waals surface area contributed by atoms with Crippen molar-refractivity contribution in [1.29, 1.82) is 0 Å². The van der Waals surface area contributed by atoms with E-state index in [4.69, 9.17) is 10.3 Å². The van der Waals surface area contributed by atoms with Gasteiger partial charge in [-0.2, -0.15) is 4.98 Å². The van der Waals surface area contributed by atoms with Crippen molar-refractivity contribution in [2.45, 2.75) is 19.4 Å². The second-order valence-corrected chi connectivity index (χ2v) is 3.29. The van der Waals surface area contributed by atoms with Crippen LogP contribution in [-0.2, 0) is 6.42 Å². The minimum absolute atomic E-state index is 0.310. The Hall–Kier alpha value is -1.68. The van der Waals surface area contributed by atoms with Gasteiger partial charge < -0.3 is 10.3 Å². The lowest BCUT2D eigenvalue weighted by atomic mass is 10.1. The second-order valence-electron chi connectivity index (χ2n) is 3.29. The number of hydrogen-bond donors (Lipinski definition) is 1. The number of hydrogen-bond acceptors (Lipinski definition) is 4. The molecule has 1 atom stereocenters. The molecule has 0 saturated heterocycles. The zero-order chi connectivity index (χ0) is 10.7. The van der Waals surface area contributed by atoms with Crippen LogP contribution in [0.4, 0.5) is 0 Å². The number of rotatable bonds is 3. The van der Waals surface area contributed by atoms with Crippen LogP contribution in [0.3, 0.4) is 0 Å². The van der Waals surface area contributed by atoms with Gasteiger partial charge in [-0.15, -0.1) is 0 Å². The van der Waals surface area contributed by atoms with E-state index in [0.29, 0.717) is 11.7 Å². The van der Waals surface area contributed by atoms with Crippen molar-refractivity contribution in [2.24, 2.45) is 5.73 Å². The van der Waals surface area contributed by atoms with Crippen LogP contribution in [0.1, 0.15) is 30.2 Å². The summed E-state index contributed by atoms with van der Waals surface area (Å²) in [5, 5.41) is 3.85. The van der Waals surface area contributed by atoms with Gasteiger partial charge in [0, 0.05) is 6.42 Å². The van der Waals surface area contributed by atoms with Crippen LogP contribution in [0.5, 0.6) is 0 Å². The van der Waals surface area contributed by atoms with Crippen LogP contribution in [0.2, 0.25) is 0 Å². The number of benzene rings is 1. The van der Waals surface area contributed by atoms with E-state index in [9.17, 15) is 0 Å². The van der Waals surface area contributed by atoms with Gasteiger partial charge in [0.2, 0.25) is 5.89 Å². The van der Waals surface area contributed by atoms with Gasteiger partial charge in [0.25, 0.3) is 0 Å². The molecule has 0 amide bonds. The normalized spacial score (nSPS) is 12.7. The van der Waals surface area contributed by atoms with Gasteiger partial charge in [-0.25, -0.2) is 0 Å². The molecule has 1 aromatic heterocycles. The predicted molar refractivity (Wildman–Crippen MR) is 56.1 cm³/mol. The lowest BCUT2D eigenvalue weighted by molar-refractivity contribution is 0.375. The van der Waals surface area contributed by atoms with Crippen LogP contribution in [-0.4, -0.2) is 10.1 Å². The molecule has 1 aromatic carbocycles. The Kier molecular flexibility index (Phi) is 2.78. The summed E-state index contributed by atoms with van der Waals surface area (Å²) in [7, 11) is 0. The molecule has 0 aliphatic heterocycles. The fourth-order valence-electron chi connectivity index (χ4n) is 1.35. The maximum atomic E-state index is 6.00. The minimum Gasteiger partial charge on any atom is -0.339 e. The Morgan fingerprint density at radius 2 is 2.07 bits per heavy atom. The lowest BCUT2D eigenvalue weighted by Crippen LogP contribution is -2.13. The fraction of sp³-hybridized carbons (Fsp3) is 0.273. The van der Waals surface area contributed by atoms with E-state index >= 15 is 0 Å². The first-order valence-electron chi connectivity index (χ1n) is 4.94. The largest absolute Gasteiger partial charge is 0.339 e. The van der Waals surface area contributed by atoms with E-state index < -0.39 is 0 Å². The van der Waals surface area contributed by atoms with Gasteiger partial charge in [0.05, 0.1) is 6.04 Å². The summed E-state index contributed by atoms with van der Waals surface area (Å²) in [4.78, 5) is 4.20. The smallest absolute Gasteiger partial charge is 0.226 e. The molecule has 2 N–H and O–H groups in total. The molecule has 0 spiro atoms. The van der Waals surface area contributed by atoms with Crippen molar-refractivity contribution in [3.63, 3.8) is 0 Å². The molecular weight excluding hydrogens is 190 g/mol. The van der Waals surface area contributed by atoms with E-state index in [1.165, 1.54) is 0 Å². The van der Waals surface area contributed by atoms with Crippen molar-refractivity contribution in [3.05, 3.63) is 47.6 Å². The minimum atomic E-state index is -0.310. The first-order valence-corrected chi connectivity index (χ1v) is 4.94. The van der Waals surface area contributed by atoms with Gasteiger partial charge in [-0.1, -0.05) is 42.4 Å².